The lowest BCUT2D eigenvalue weighted by molar-refractivity contribution is 0.143. The monoisotopic (exact) mass is 232 g/mol. The smallest absolute Gasteiger partial charge is 0.0843 e. The summed E-state index contributed by atoms with van der Waals surface area (Å²) < 4.78 is 0. The number of benzene rings is 1. The third-order valence-electron chi connectivity index (χ3n) is 2.60. The van der Waals surface area contributed by atoms with Gasteiger partial charge in [0.05, 0.1) is 5.60 Å². The first-order chi connectivity index (χ1) is 7.59. The van der Waals surface area contributed by atoms with Crippen LogP contribution in [-0.2, 0) is 0 Å². The lowest BCUT2D eigenvalue weighted by atomic mass is 9.84. The van der Waals surface area contributed by atoms with Gasteiger partial charge < -0.3 is 5.11 Å². The average Bonchev–Trinajstić information content (AvgIpc) is 2.13. The van der Waals surface area contributed by atoms with Crippen LogP contribution in [0.1, 0.15) is 45.7 Å². The number of allylic oxidation sites excluding steroid dienone is 1. The molecule has 0 unspecified atom stereocenters. The third-order valence-corrected chi connectivity index (χ3v) is 2.60. The van der Waals surface area contributed by atoms with Gasteiger partial charge in [-0.25, -0.2) is 0 Å². The molecule has 1 rings (SSSR count). The molecule has 0 aromatic heterocycles. The molecule has 0 aliphatic rings. The van der Waals surface area contributed by atoms with Crippen molar-refractivity contribution in [3.8, 4) is 0 Å². The predicted octanol–water partition coefficient (Wildman–Crippen LogP) is 4.20. The summed E-state index contributed by atoms with van der Waals surface area (Å²) in [4.78, 5) is 0. The highest BCUT2D eigenvalue weighted by Crippen LogP contribution is 2.31. The molecule has 0 saturated heterocycles. The van der Waals surface area contributed by atoms with Crippen LogP contribution in [-0.4, -0.2) is 10.7 Å². The number of aryl methyl sites for hydroxylation is 1. The molecule has 17 heavy (non-hydrogen) atoms. The van der Waals surface area contributed by atoms with Crippen molar-refractivity contribution in [1.82, 2.24) is 0 Å². The Morgan fingerprint density at radius 1 is 1.00 bits per heavy atom. The van der Waals surface area contributed by atoms with Crippen molar-refractivity contribution < 1.29 is 5.11 Å². The Morgan fingerprint density at radius 3 is 1.82 bits per heavy atom. The number of aliphatic hydroxyl groups is 1. The Morgan fingerprint density at radius 2 is 1.47 bits per heavy atom. The van der Waals surface area contributed by atoms with Crippen molar-refractivity contribution in [2.75, 3.05) is 0 Å². The molecule has 1 aromatic carbocycles. The molecule has 0 aliphatic heterocycles. The molecule has 1 aromatic rings. The van der Waals surface area contributed by atoms with Gasteiger partial charge in [0.15, 0.2) is 0 Å². The first-order valence-corrected chi connectivity index (χ1v) is 6.12. The molecule has 0 fully saturated rings. The van der Waals surface area contributed by atoms with Crippen molar-refractivity contribution in [1.29, 1.82) is 0 Å². The zero-order valence-corrected chi connectivity index (χ0v) is 11.8. The Balaban J connectivity index is 3.26. The molecule has 0 amide bonds. The second kappa shape index (κ2) is 4.66. The second-order valence-electron chi connectivity index (χ2n) is 6.35. The highest BCUT2D eigenvalue weighted by molar-refractivity contribution is 5.72. The molecule has 0 atom stereocenters. The summed E-state index contributed by atoms with van der Waals surface area (Å²) in [7, 11) is 0. The summed E-state index contributed by atoms with van der Waals surface area (Å²) in [5, 5.41) is 10.3. The first kappa shape index (κ1) is 14.0. The van der Waals surface area contributed by atoms with E-state index in [9.17, 15) is 5.11 Å². The van der Waals surface area contributed by atoms with Gasteiger partial charge >= 0.3 is 0 Å². The Labute approximate surface area is 105 Å². The predicted molar refractivity (Wildman–Crippen MR) is 74.9 cm³/mol. The van der Waals surface area contributed by atoms with Crippen molar-refractivity contribution in [3.05, 3.63) is 41.5 Å². The Hall–Kier alpha value is -1.08. The highest BCUT2D eigenvalue weighted by Gasteiger charge is 2.23. The van der Waals surface area contributed by atoms with E-state index in [4.69, 9.17) is 0 Å². The molecule has 0 aliphatic carbocycles. The van der Waals surface area contributed by atoms with Crippen LogP contribution in [0, 0.1) is 12.3 Å². The van der Waals surface area contributed by atoms with Crippen LogP contribution in [0.5, 0.6) is 0 Å². The van der Waals surface area contributed by atoms with Gasteiger partial charge in [-0.2, -0.15) is 0 Å². The van der Waals surface area contributed by atoms with Crippen LogP contribution in [0.3, 0.4) is 0 Å². The van der Waals surface area contributed by atoms with Gasteiger partial charge in [0.25, 0.3) is 0 Å². The van der Waals surface area contributed by atoms with E-state index in [0.717, 1.165) is 11.1 Å². The normalized spacial score (nSPS) is 13.9. The van der Waals surface area contributed by atoms with Gasteiger partial charge in [0.2, 0.25) is 0 Å². The van der Waals surface area contributed by atoms with E-state index in [-0.39, 0.29) is 5.41 Å². The average molecular weight is 232 g/mol. The number of rotatable bonds is 2. The Bertz CT molecular complexity index is 397. The standard InChI is InChI=1S/C16H24O/c1-12-7-9-13(10-8-12)14(16(5,6)17)11-15(2,3)4/h7-11,17H,1-6H3/b14-11-. The fourth-order valence-corrected chi connectivity index (χ4v) is 1.78. The van der Waals surface area contributed by atoms with Crippen molar-refractivity contribution >= 4 is 5.57 Å². The van der Waals surface area contributed by atoms with Crippen molar-refractivity contribution in [2.45, 2.75) is 47.1 Å². The molecule has 0 radical (unpaired) electrons. The fourth-order valence-electron chi connectivity index (χ4n) is 1.78. The molecule has 94 valence electrons. The van der Waals surface area contributed by atoms with Crippen LogP contribution in [0.25, 0.3) is 5.57 Å². The van der Waals surface area contributed by atoms with E-state index in [1.54, 1.807) is 0 Å². The van der Waals surface area contributed by atoms with Gasteiger partial charge in [-0.15, -0.1) is 0 Å². The van der Waals surface area contributed by atoms with E-state index in [1.807, 2.05) is 13.8 Å². The van der Waals surface area contributed by atoms with Gasteiger partial charge in [-0.05, 0) is 37.3 Å². The summed E-state index contributed by atoms with van der Waals surface area (Å²) >= 11 is 0. The fraction of sp³-hybridized carbons (Fsp3) is 0.500. The zero-order chi connectivity index (χ0) is 13.3. The maximum Gasteiger partial charge on any atom is 0.0843 e. The Kier molecular flexibility index (Phi) is 3.83. The molecule has 0 saturated carbocycles. The molecule has 1 N–H and O–H groups in total. The van der Waals surface area contributed by atoms with E-state index in [1.165, 1.54) is 5.56 Å². The van der Waals surface area contributed by atoms with Crippen LogP contribution in [0.15, 0.2) is 30.3 Å². The third kappa shape index (κ3) is 4.35. The molecule has 0 bridgehead atoms. The van der Waals surface area contributed by atoms with Crippen LogP contribution >= 0.6 is 0 Å². The number of hydrogen-bond donors (Lipinski definition) is 1. The van der Waals surface area contributed by atoms with Gasteiger partial charge in [-0.1, -0.05) is 56.7 Å². The topological polar surface area (TPSA) is 20.2 Å². The zero-order valence-electron chi connectivity index (χ0n) is 11.8. The molecule has 0 heterocycles. The summed E-state index contributed by atoms with van der Waals surface area (Å²) in [6.45, 7) is 12.2. The van der Waals surface area contributed by atoms with E-state index in [0.29, 0.717) is 0 Å². The van der Waals surface area contributed by atoms with Crippen LogP contribution in [0.2, 0.25) is 0 Å². The minimum atomic E-state index is -0.817. The van der Waals surface area contributed by atoms with Crippen molar-refractivity contribution in [2.24, 2.45) is 5.41 Å². The minimum Gasteiger partial charge on any atom is -0.386 e. The number of hydrogen-bond acceptors (Lipinski definition) is 1. The van der Waals surface area contributed by atoms with Gasteiger partial charge in [-0.3, -0.25) is 0 Å². The lowest BCUT2D eigenvalue weighted by Gasteiger charge is -2.26. The van der Waals surface area contributed by atoms with Crippen molar-refractivity contribution in [3.63, 3.8) is 0 Å². The molecule has 1 heteroatoms. The summed E-state index contributed by atoms with van der Waals surface area (Å²) in [6.07, 6.45) is 2.15. The molecular weight excluding hydrogens is 208 g/mol. The van der Waals surface area contributed by atoms with Gasteiger partial charge in [0, 0.05) is 0 Å². The lowest BCUT2D eigenvalue weighted by Crippen LogP contribution is -2.22. The molecular formula is C16H24O. The molecule has 1 nitrogen and oxygen atoms in total. The van der Waals surface area contributed by atoms with E-state index < -0.39 is 5.60 Å². The second-order valence-corrected chi connectivity index (χ2v) is 6.35. The maximum absolute atomic E-state index is 10.3. The SMILES string of the molecule is Cc1ccc(/C(=C/C(C)(C)C)C(C)(C)O)cc1. The maximum atomic E-state index is 10.3. The largest absolute Gasteiger partial charge is 0.386 e. The summed E-state index contributed by atoms with van der Waals surface area (Å²) in [5.74, 6) is 0. The molecule has 0 spiro atoms. The summed E-state index contributed by atoms with van der Waals surface area (Å²) in [5.41, 5.74) is 2.56. The summed E-state index contributed by atoms with van der Waals surface area (Å²) in [6, 6.07) is 8.31. The van der Waals surface area contributed by atoms with Crippen LogP contribution in [0.4, 0.5) is 0 Å². The highest BCUT2D eigenvalue weighted by atomic mass is 16.3. The van der Waals surface area contributed by atoms with E-state index in [2.05, 4.69) is 58.0 Å². The van der Waals surface area contributed by atoms with E-state index >= 15 is 0 Å². The minimum absolute atomic E-state index is 0.0558. The van der Waals surface area contributed by atoms with Gasteiger partial charge in [0.1, 0.15) is 0 Å². The van der Waals surface area contributed by atoms with Crippen LogP contribution < -0.4 is 0 Å². The quantitative estimate of drug-likeness (QED) is 0.810. The first-order valence-electron chi connectivity index (χ1n) is 6.12.